The highest BCUT2D eigenvalue weighted by molar-refractivity contribution is 6.07. The van der Waals surface area contributed by atoms with Gasteiger partial charge in [-0.1, -0.05) is 36.4 Å². The number of likely N-dealkylation sites (N-methyl/N-ethyl adjacent to an activating group) is 1. The molecular formula is C62H76F3N9O11. The van der Waals surface area contributed by atoms with Crippen LogP contribution in [0.5, 0.6) is 0 Å². The van der Waals surface area contributed by atoms with E-state index < -0.39 is 94.2 Å². The number of carboxylic acid groups (broad SMARTS) is 1. The van der Waals surface area contributed by atoms with Gasteiger partial charge in [0.1, 0.15) is 46.9 Å². The molecule has 456 valence electrons. The summed E-state index contributed by atoms with van der Waals surface area (Å²) in [4.78, 5) is 110. The number of para-hydroxylation sites is 1. The smallest absolute Gasteiger partial charge is 0.410 e. The zero-order chi connectivity index (χ0) is 61.2. The average molecular weight is 1180 g/mol. The summed E-state index contributed by atoms with van der Waals surface area (Å²) >= 11 is 0. The largest absolute Gasteiger partial charge is 0.465 e. The topological polar surface area (TPSA) is 223 Å². The van der Waals surface area contributed by atoms with Crippen LogP contribution in [0.1, 0.15) is 95.2 Å². The molecule has 23 heteroatoms. The Morgan fingerprint density at radius 3 is 2.20 bits per heavy atom. The highest BCUT2D eigenvalue weighted by Gasteiger charge is 2.49. The van der Waals surface area contributed by atoms with Crippen LogP contribution in [0.25, 0.3) is 0 Å². The van der Waals surface area contributed by atoms with Gasteiger partial charge in [-0.05, 0) is 144 Å². The number of nitrogens with zero attached hydrogens (tertiary/aromatic N) is 6. The molecule has 7 amide bonds. The molecule has 0 aromatic heterocycles. The molecule has 5 unspecified atom stereocenters. The number of rotatable bonds is 15. The van der Waals surface area contributed by atoms with Crippen LogP contribution in [0.3, 0.4) is 0 Å². The maximum atomic E-state index is 15.3. The Kier molecular flexibility index (Phi) is 18.6. The number of hydrogen-bond acceptors (Lipinski definition) is 12. The van der Waals surface area contributed by atoms with Gasteiger partial charge in [-0.25, -0.2) is 22.8 Å². The molecule has 0 radical (unpaired) electrons. The van der Waals surface area contributed by atoms with E-state index in [4.69, 9.17) is 14.2 Å². The van der Waals surface area contributed by atoms with Crippen molar-refractivity contribution in [3.8, 4) is 0 Å². The second-order valence-electron chi connectivity index (χ2n) is 24.3. The van der Waals surface area contributed by atoms with Crippen molar-refractivity contribution in [1.82, 2.24) is 29.8 Å². The fourth-order valence-electron chi connectivity index (χ4n) is 12.1. The first-order valence-electron chi connectivity index (χ1n) is 28.9. The van der Waals surface area contributed by atoms with Gasteiger partial charge in [-0.15, -0.1) is 0 Å². The quantitative estimate of drug-likeness (QED) is 0.0953. The van der Waals surface area contributed by atoms with E-state index in [1.54, 1.807) is 69.9 Å². The van der Waals surface area contributed by atoms with Crippen LogP contribution < -0.4 is 20.9 Å². The summed E-state index contributed by atoms with van der Waals surface area (Å²) < 4.78 is 61.4. The molecule has 0 bridgehead atoms. The molecule has 7 atom stereocenters. The third-order valence-electron chi connectivity index (χ3n) is 17.1. The molecule has 5 aliphatic heterocycles. The Bertz CT molecular complexity index is 3180. The third-order valence-corrected chi connectivity index (χ3v) is 17.1. The van der Waals surface area contributed by atoms with Crippen LogP contribution in [0, 0.1) is 23.4 Å². The molecule has 3 saturated heterocycles. The van der Waals surface area contributed by atoms with Gasteiger partial charge in [0.05, 0.1) is 25.2 Å². The van der Waals surface area contributed by atoms with Crippen molar-refractivity contribution in [3.63, 3.8) is 0 Å². The van der Waals surface area contributed by atoms with E-state index >= 15 is 23.2 Å². The van der Waals surface area contributed by atoms with Crippen LogP contribution in [0.2, 0.25) is 0 Å². The lowest BCUT2D eigenvalue weighted by Gasteiger charge is -2.47. The number of ether oxygens (including phenoxy) is 3. The predicted octanol–water partition coefficient (Wildman–Crippen LogP) is 6.90. The van der Waals surface area contributed by atoms with Gasteiger partial charge in [0, 0.05) is 89.0 Å². The van der Waals surface area contributed by atoms with Crippen molar-refractivity contribution >= 4 is 58.8 Å². The molecule has 0 aliphatic carbocycles. The lowest BCUT2D eigenvalue weighted by atomic mass is 9.82. The minimum absolute atomic E-state index is 0.0665. The molecule has 0 spiro atoms. The van der Waals surface area contributed by atoms with Gasteiger partial charge in [-0.3, -0.25) is 38.7 Å². The van der Waals surface area contributed by atoms with Crippen molar-refractivity contribution in [2.75, 3.05) is 88.3 Å². The standard InChI is InChI=1S/C62H76F3N9O11/c1-36-29-71(45(32-72(36)59(80)81)31-70-22-25-84-34-37(70)2)33-51(75)74-35-62(7,47-19-14-40(27-50(47)74)26-39-12-16-43(63)17-13-39)58(79)66-44-18-15-42-30-73(54(46(42)28-44)56(77)68-53-48(64)10-9-11-49(53)65)57(78)52(41-20-23-83-24-21-41)67-55(76)38(3)69(8)60(82)85-61(4,5)6/h9-19,27-28,36-38,41,45,52,54H,20-26,29-35H2,1-8H3,(H,66,79)(H,67,76)(H,68,77)(H,80,81)/t36?,37-,38?,45?,52?,54+,62?/m1/s1. The van der Waals surface area contributed by atoms with Gasteiger partial charge in [0.2, 0.25) is 23.6 Å². The number of piperazine rings is 1. The molecule has 3 fully saturated rings. The molecule has 0 saturated carbocycles. The molecule has 5 aliphatic rings. The number of amides is 7. The van der Waals surface area contributed by atoms with Crippen LogP contribution >= 0.6 is 0 Å². The number of morpholine rings is 1. The molecule has 5 heterocycles. The number of anilines is 3. The Morgan fingerprint density at radius 2 is 1.53 bits per heavy atom. The second-order valence-corrected chi connectivity index (χ2v) is 24.3. The number of halogens is 3. The zero-order valence-electron chi connectivity index (χ0n) is 49.3. The number of carbonyl (C=O) groups excluding carboxylic acids is 6. The zero-order valence-corrected chi connectivity index (χ0v) is 49.3. The van der Waals surface area contributed by atoms with E-state index in [-0.39, 0.29) is 81.0 Å². The van der Waals surface area contributed by atoms with Crippen LogP contribution in [0.4, 0.5) is 39.8 Å². The van der Waals surface area contributed by atoms with Gasteiger partial charge >= 0.3 is 12.2 Å². The number of benzene rings is 4. The highest BCUT2D eigenvalue weighted by atomic mass is 19.1. The summed E-state index contributed by atoms with van der Waals surface area (Å²) in [6, 6.07) is 14.8. The average Bonchev–Trinajstić information content (AvgIpc) is 1.69. The first-order chi connectivity index (χ1) is 40.3. The van der Waals surface area contributed by atoms with E-state index in [2.05, 4.69) is 20.9 Å². The molecule has 4 aromatic carbocycles. The summed E-state index contributed by atoms with van der Waals surface area (Å²) in [5.41, 5.74) is 0.433. The summed E-state index contributed by atoms with van der Waals surface area (Å²) in [6.45, 7) is 14.9. The Balaban J connectivity index is 1.02. The van der Waals surface area contributed by atoms with Gasteiger partial charge in [-0.2, -0.15) is 0 Å². The number of carbonyl (C=O) groups is 7. The van der Waals surface area contributed by atoms with Gasteiger partial charge in [0.15, 0.2) is 0 Å². The van der Waals surface area contributed by atoms with E-state index in [0.717, 1.165) is 34.2 Å². The van der Waals surface area contributed by atoms with Crippen LogP contribution in [-0.4, -0.2) is 180 Å². The Labute approximate surface area is 492 Å². The first kappa shape index (κ1) is 61.9. The first-order valence-corrected chi connectivity index (χ1v) is 28.9. The summed E-state index contributed by atoms with van der Waals surface area (Å²) in [5.74, 6) is -6.25. The van der Waals surface area contributed by atoms with Crippen LogP contribution in [0.15, 0.2) is 78.9 Å². The lowest BCUT2D eigenvalue weighted by Crippen LogP contribution is -2.64. The lowest BCUT2D eigenvalue weighted by molar-refractivity contribution is -0.144. The molecule has 4 aromatic rings. The van der Waals surface area contributed by atoms with Gasteiger partial charge in [0.25, 0.3) is 5.91 Å². The third kappa shape index (κ3) is 13.7. The van der Waals surface area contributed by atoms with E-state index in [1.165, 1.54) is 42.0 Å². The van der Waals surface area contributed by atoms with Crippen molar-refractivity contribution in [2.24, 2.45) is 5.92 Å². The monoisotopic (exact) mass is 1180 g/mol. The van der Waals surface area contributed by atoms with Crippen molar-refractivity contribution in [3.05, 3.63) is 124 Å². The maximum Gasteiger partial charge on any atom is 0.410 e. The maximum absolute atomic E-state index is 15.3. The summed E-state index contributed by atoms with van der Waals surface area (Å²) in [6.07, 6.45) is -0.747. The Morgan fingerprint density at radius 1 is 0.835 bits per heavy atom. The van der Waals surface area contributed by atoms with Crippen molar-refractivity contribution < 1.29 is 66.1 Å². The van der Waals surface area contributed by atoms with Crippen molar-refractivity contribution in [2.45, 2.75) is 122 Å². The number of hydrogen-bond donors (Lipinski definition) is 4. The fourth-order valence-corrected chi connectivity index (χ4v) is 12.1. The molecule has 85 heavy (non-hydrogen) atoms. The van der Waals surface area contributed by atoms with E-state index in [0.29, 0.717) is 62.4 Å². The number of nitrogens with one attached hydrogen (secondary N) is 3. The summed E-state index contributed by atoms with van der Waals surface area (Å²) in [7, 11) is 1.40. The second kappa shape index (κ2) is 25.5. The van der Waals surface area contributed by atoms with E-state index in [9.17, 15) is 28.7 Å². The van der Waals surface area contributed by atoms with Gasteiger partial charge < -0.3 is 50.0 Å². The molecule has 20 nitrogen and oxygen atoms in total. The molecule has 9 rings (SSSR count). The number of fused-ring (bicyclic) bond motifs is 2. The fraction of sp³-hybridized carbons (Fsp3) is 0.500. The molecule has 4 N–H and O–H groups in total. The SMILES string of the molecule is CC(C(=O)NC(C(=O)N1Cc2ccc(NC(=O)C3(C)CN(C(=O)CN4CC(C)N(C(=O)O)CC4CN4CCOC[C@H]4C)c4cc(Cc5ccc(F)cc5)ccc43)cc2[C@H]1C(=O)Nc1c(F)cccc1F)C1CCOCC1)N(C)C(=O)OC(C)(C)C. The van der Waals surface area contributed by atoms with Crippen molar-refractivity contribution in [1.29, 1.82) is 0 Å². The molecular weight excluding hydrogens is 1100 g/mol. The highest BCUT2D eigenvalue weighted by Crippen LogP contribution is 2.44. The normalized spacial score (nSPS) is 22.6. The minimum atomic E-state index is -1.56. The van der Waals surface area contributed by atoms with Crippen LogP contribution in [-0.2, 0) is 56.6 Å². The predicted molar refractivity (Wildman–Crippen MR) is 309 cm³/mol. The Hall–Kier alpha value is -7.60. The minimum Gasteiger partial charge on any atom is -0.465 e. The summed E-state index contributed by atoms with van der Waals surface area (Å²) in [5, 5.41) is 18.4. The van der Waals surface area contributed by atoms with E-state index in [1.807, 2.05) is 24.0 Å².